The Morgan fingerprint density at radius 1 is 1.40 bits per heavy atom. The molecule has 0 amide bonds. The van der Waals surface area contributed by atoms with Crippen LogP contribution in [0.25, 0.3) is 0 Å². The molecule has 1 fully saturated rings. The fraction of sp³-hybridized carbons (Fsp3) is 0.400. The summed E-state index contributed by atoms with van der Waals surface area (Å²) in [6, 6.07) is 5.99. The second kappa shape index (κ2) is 3.57. The maximum Gasteiger partial charge on any atom is 0.211 e. The predicted molar refractivity (Wildman–Crippen MR) is 55.3 cm³/mol. The van der Waals surface area contributed by atoms with Crippen LogP contribution in [-0.4, -0.2) is 25.5 Å². The van der Waals surface area contributed by atoms with Crippen molar-refractivity contribution < 1.29 is 12.8 Å². The molecule has 1 unspecified atom stereocenters. The molecule has 0 spiro atoms. The van der Waals surface area contributed by atoms with Crippen LogP contribution in [0.15, 0.2) is 24.3 Å². The molecule has 1 atom stereocenters. The van der Waals surface area contributed by atoms with Crippen LogP contribution >= 0.6 is 0 Å². The van der Waals surface area contributed by atoms with E-state index in [1.165, 1.54) is 10.4 Å². The molecule has 1 saturated heterocycles. The van der Waals surface area contributed by atoms with Crippen molar-refractivity contribution in [3.05, 3.63) is 35.6 Å². The molecule has 15 heavy (non-hydrogen) atoms. The Bertz CT molecular complexity index is 472. The summed E-state index contributed by atoms with van der Waals surface area (Å²) in [7, 11) is -3.21. The second-order valence-electron chi connectivity index (χ2n) is 3.70. The molecule has 0 aliphatic carbocycles. The van der Waals surface area contributed by atoms with E-state index in [9.17, 15) is 12.8 Å². The molecule has 1 aliphatic rings. The van der Waals surface area contributed by atoms with Crippen molar-refractivity contribution in [1.82, 2.24) is 4.31 Å². The van der Waals surface area contributed by atoms with Gasteiger partial charge in [0.25, 0.3) is 0 Å². The molecule has 0 N–H and O–H groups in total. The van der Waals surface area contributed by atoms with Crippen molar-refractivity contribution in [2.45, 2.75) is 12.5 Å². The minimum absolute atomic E-state index is 0.318. The third kappa shape index (κ3) is 1.89. The summed E-state index contributed by atoms with van der Waals surface area (Å²) in [6.07, 6.45) is 1.84. The summed E-state index contributed by atoms with van der Waals surface area (Å²) in [5.74, 6) is -0.337. The smallest absolute Gasteiger partial charge is 0.211 e. The number of rotatable bonds is 2. The van der Waals surface area contributed by atoms with E-state index in [-0.39, 0.29) is 11.9 Å². The van der Waals surface area contributed by atoms with E-state index in [4.69, 9.17) is 0 Å². The quantitative estimate of drug-likeness (QED) is 0.771. The van der Waals surface area contributed by atoms with E-state index in [1.807, 2.05) is 0 Å². The van der Waals surface area contributed by atoms with Gasteiger partial charge in [-0.15, -0.1) is 0 Å². The van der Waals surface area contributed by atoms with Crippen molar-refractivity contribution in [3.8, 4) is 0 Å². The molecule has 1 heterocycles. The topological polar surface area (TPSA) is 37.4 Å². The maximum absolute atomic E-state index is 13.4. The van der Waals surface area contributed by atoms with Crippen molar-refractivity contribution in [3.63, 3.8) is 0 Å². The molecule has 3 nitrogen and oxygen atoms in total. The third-order valence-corrected chi connectivity index (χ3v) is 3.95. The van der Waals surface area contributed by atoms with Gasteiger partial charge in [0, 0.05) is 12.1 Å². The summed E-state index contributed by atoms with van der Waals surface area (Å²) in [6.45, 7) is 0.484. The van der Waals surface area contributed by atoms with Gasteiger partial charge in [0.05, 0.1) is 12.3 Å². The first kappa shape index (κ1) is 10.6. The molecule has 0 aromatic heterocycles. The Hall–Kier alpha value is -0.940. The molecule has 0 radical (unpaired) electrons. The van der Waals surface area contributed by atoms with E-state index in [2.05, 4.69) is 0 Å². The minimum Gasteiger partial charge on any atom is -0.212 e. The average molecular weight is 229 g/mol. The van der Waals surface area contributed by atoms with Crippen molar-refractivity contribution in [1.29, 1.82) is 0 Å². The van der Waals surface area contributed by atoms with Gasteiger partial charge in [-0.3, -0.25) is 0 Å². The molecule has 1 aromatic carbocycles. The molecular weight excluding hydrogens is 217 g/mol. The van der Waals surface area contributed by atoms with E-state index in [1.54, 1.807) is 18.2 Å². The van der Waals surface area contributed by atoms with Gasteiger partial charge in [0.2, 0.25) is 10.0 Å². The van der Waals surface area contributed by atoms with Crippen LogP contribution in [0.1, 0.15) is 18.0 Å². The summed E-state index contributed by atoms with van der Waals surface area (Å²) >= 11 is 0. The number of sulfonamides is 1. The number of hydrogen-bond acceptors (Lipinski definition) is 2. The molecule has 5 heteroatoms. The molecule has 2 rings (SSSR count). The highest BCUT2D eigenvalue weighted by Crippen LogP contribution is 2.36. The zero-order valence-corrected chi connectivity index (χ0v) is 9.17. The van der Waals surface area contributed by atoms with Crippen molar-refractivity contribution >= 4 is 10.0 Å². The number of benzene rings is 1. The van der Waals surface area contributed by atoms with Crippen LogP contribution in [0.4, 0.5) is 4.39 Å². The van der Waals surface area contributed by atoms with Gasteiger partial charge in [0.1, 0.15) is 5.82 Å². The Morgan fingerprint density at radius 3 is 2.53 bits per heavy atom. The van der Waals surface area contributed by atoms with Gasteiger partial charge in [-0.2, -0.15) is 4.31 Å². The standard InChI is InChI=1S/C10H12FNO2S/c1-15(13,14)12-7-6-10(12)8-4-2-3-5-9(8)11/h2-5,10H,6-7H2,1H3. The van der Waals surface area contributed by atoms with E-state index < -0.39 is 10.0 Å². The highest BCUT2D eigenvalue weighted by molar-refractivity contribution is 7.88. The zero-order chi connectivity index (χ0) is 11.1. The average Bonchev–Trinajstić information content (AvgIpc) is 2.03. The number of halogens is 1. The normalized spacial score (nSPS) is 22.4. The summed E-state index contributed by atoms with van der Waals surface area (Å²) in [4.78, 5) is 0. The maximum atomic E-state index is 13.4. The molecule has 1 aromatic rings. The van der Waals surface area contributed by atoms with Gasteiger partial charge >= 0.3 is 0 Å². The van der Waals surface area contributed by atoms with E-state index in [0.29, 0.717) is 18.5 Å². The molecule has 82 valence electrons. The van der Waals surface area contributed by atoms with E-state index >= 15 is 0 Å². The molecular formula is C10H12FNO2S. The van der Waals surface area contributed by atoms with Gasteiger partial charge in [-0.1, -0.05) is 18.2 Å². The SMILES string of the molecule is CS(=O)(=O)N1CCC1c1ccccc1F. The molecule has 0 saturated carbocycles. The van der Waals surface area contributed by atoms with Crippen LogP contribution in [-0.2, 0) is 10.0 Å². The minimum atomic E-state index is -3.21. The van der Waals surface area contributed by atoms with Crippen molar-refractivity contribution in [2.75, 3.05) is 12.8 Å². The van der Waals surface area contributed by atoms with Gasteiger partial charge in [-0.05, 0) is 12.5 Å². The summed E-state index contributed by atoms with van der Waals surface area (Å²) in [5.41, 5.74) is 0.467. The first-order valence-corrected chi connectivity index (χ1v) is 6.56. The van der Waals surface area contributed by atoms with Gasteiger partial charge in [-0.25, -0.2) is 12.8 Å². The Morgan fingerprint density at radius 2 is 2.07 bits per heavy atom. The first-order valence-electron chi connectivity index (χ1n) is 4.71. The van der Waals surface area contributed by atoms with Gasteiger partial charge < -0.3 is 0 Å². The van der Waals surface area contributed by atoms with E-state index in [0.717, 1.165) is 6.26 Å². The van der Waals surface area contributed by atoms with Crippen molar-refractivity contribution in [2.24, 2.45) is 0 Å². The lowest BCUT2D eigenvalue weighted by Gasteiger charge is -2.39. The lowest BCUT2D eigenvalue weighted by Crippen LogP contribution is -2.44. The second-order valence-corrected chi connectivity index (χ2v) is 5.63. The molecule has 1 aliphatic heterocycles. The first-order chi connectivity index (χ1) is 7.00. The lowest BCUT2D eigenvalue weighted by atomic mass is 9.97. The van der Waals surface area contributed by atoms with Crippen LogP contribution in [0.2, 0.25) is 0 Å². The van der Waals surface area contributed by atoms with Crippen LogP contribution in [0.5, 0.6) is 0 Å². The predicted octanol–water partition coefficient (Wildman–Crippen LogP) is 1.53. The Labute approximate surface area is 88.6 Å². The Balaban J connectivity index is 2.31. The zero-order valence-electron chi connectivity index (χ0n) is 8.35. The highest BCUT2D eigenvalue weighted by Gasteiger charge is 2.37. The van der Waals surface area contributed by atoms with Crippen LogP contribution in [0, 0.1) is 5.82 Å². The lowest BCUT2D eigenvalue weighted by molar-refractivity contribution is 0.199. The summed E-state index contributed by atoms with van der Waals surface area (Å²) < 4.78 is 37.3. The Kier molecular flexibility index (Phi) is 2.52. The number of hydrogen-bond donors (Lipinski definition) is 0. The summed E-state index contributed by atoms with van der Waals surface area (Å²) in [5, 5.41) is 0. The third-order valence-electron chi connectivity index (χ3n) is 2.66. The fourth-order valence-electron chi connectivity index (χ4n) is 1.82. The van der Waals surface area contributed by atoms with Gasteiger partial charge in [0.15, 0.2) is 0 Å². The monoisotopic (exact) mass is 229 g/mol. The largest absolute Gasteiger partial charge is 0.212 e. The van der Waals surface area contributed by atoms with Crippen LogP contribution < -0.4 is 0 Å². The highest BCUT2D eigenvalue weighted by atomic mass is 32.2. The fourth-order valence-corrected chi connectivity index (χ4v) is 2.93. The van der Waals surface area contributed by atoms with Crippen LogP contribution in [0.3, 0.4) is 0 Å². The molecule has 0 bridgehead atoms. The number of nitrogens with zero attached hydrogens (tertiary/aromatic N) is 1.